The van der Waals surface area contributed by atoms with Gasteiger partial charge in [0.15, 0.2) is 0 Å². The third-order valence-electron chi connectivity index (χ3n) is 5.10. The van der Waals surface area contributed by atoms with Gasteiger partial charge in [-0.1, -0.05) is 35.9 Å². The van der Waals surface area contributed by atoms with Crippen molar-refractivity contribution in [2.45, 2.75) is 18.4 Å². The number of nitro groups is 1. The number of ether oxygens (including phenoxy) is 1. The number of fused-ring (bicyclic) bond motifs is 3. The second-order valence-corrected chi connectivity index (χ2v) is 6.77. The Morgan fingerprint density at radius 3 is 2.88 bits per heavy atom. The van der Waals surface area contributed by atoms with Crippen molar-refractivity contribution in [2.75, 3.05) is 12.4 Å². The van der Waals surface area contributed by atoms with Crippen LogP contribution < -0.4 is 10.1 Å². The maximum Gasteiger partial charge on any atom is 0.269 e. The number of rotatable bonds is 3. The van der Waals surface area contributed by atoms with Crippen LogP contribution >= 0.6 is 11.6 Å². The Labute approximate surface area is 150 Å². The molecule has 0 radical (unpaired) electrons. The van der Waals surface area contributed by atoms with Crippen molar-refractivity contribution in [3.63, 3.8) is 0 Å². The van der Waals surface area contributed by atoms with Crippen molar-refractivity contribution in [1.82, 2.24) is 0 Å². The molecule has 1 aliphatic heterocycles. The van der Waals surface area contributed by atoms with Crippen molar-refractivity contribution in [1.29, 1.82) is 0 Å². The molecule has 0 saturated heterocycles. The number of nitrogens with one attached hydrogen (secondary N) is 1. The lowest BCUT2D eigenvalue weighted by molar-refractivity contribution is -0.384. The van der Waals surface area contributed by atoms with Gasteiger partial charge >= 0.3 is 0 Å². The lowest BCUT2D eigenvalue weighted by Gasteiger charge is -2.38. The highest BCUT2D eigenvalue weighted by atomic mass is 35.5. The fourth-order valence-corrected chi connectivity index (χ4v) is 4.19. The van der Waals surface area contributed by atoms with Crippen molar-refractivity contribution in [3.8, 4) is 5.75 Å². The van der Waals surface area contributed by atoms with Crippen LogP contribution in [0.1, 0.15) is 29.5 Å². The van der Waals surface area contributed by atoms with Crippen LogP contribution in [0, 0.1) is 16.0 Å². The standard InChI is InChI=1S/C19H17ClN2O3/c1-25-17-7-3-6-14-12-4-2-5-13(12)18(21-19(14)17)15-10-11(22(23)24)8-9-16(15)20/h2-4,6-10,12-13,18,21H,5H2,1H3/t12-,13+,18-/m1/s1. The first kappa shape index (κ1) is 16.0. The van der Waals surface area contributed by atoms with Crippen LogP contribution in [-0.2, 0) is 0 Å². The summed E-state index contributed by atoms with van der Waals surface area (Å²) in [7, 11) is 1.64. The van der Waals surface area contributed by atoms with Gasteiger partial charge < -0.3 is 10.1 Å². The minimum Gasteiger partial charge on any atom is -0.495 e. The second kappa shape index (κ2) is 6.08. The number of nitrogens with zero attached hydrogens (tertiary/aromatic N) is 1. The molecule has 5 nitrogen and oxygen atoms in total. The minimum absolute atomic E-state index is 0.0505. The third kappa shape index (κ3) is 2.55. The molecule has 1 aliphatic carbocycles. The van der Waals surface area contributed by atoms with Crippen LogP contribution in [0.3, 0.4) is 0 Å². The second-order valence-electron chi connectivity index (χ2n) is 6.36. The SMILES string of the molecule is COc1cccc2c1N[C@@H](c1cc([N+](=O)[O-])ccc1Cl)[C@H]1CC=C[C@@H]21. The summed E-state index contributed by atoms with van der Waals surface area (Å²) in [5.74, 6) is 1.27. The molecule has 1 heterocycles. The van der Waals surface area contributed by atoms with Gasteiger partial charge in [-0.3, -0.25) is 10.1 Å². The first-order valence-corrected chi connectivity index (χ1v) is 8.52. The van der Waals surface area contributed by atoms with Crippen LogP contribution in [0.25, 0.3) is 0 Å². The van der Waals surface area contributed by atoms with Gasteiger partial charge in [0.05, 0.1) is 23.8 Å². The van der Waals surface area contributed by atoms with E-state index >= 15 is 0 Å². The van der Waals surface area contributed by atoms with Crippen LogP contribution in [0.4, 0.5) is 11.4 Å². The van der Waals surface area contributed by atoms with Crippen LogP contribution in [-0.4, -0.2) is 12.0 Å². The molecule has 0 unspecified atom stereocenters. The fraction of sp³-hybridized carbons (Fsp3) is 0.263. The van der Waals surface area contributed by atoms with Gasteiger partial charge in [-0.25, -0.2) is 0 Å². The summed E-state index contributed by atoms with van der Waals surface area (Å²) in [4.78, 5) is 10.8. The summed E-state index contributed by atoms with van der Waals surface area (Å²) in [5, 5.41) is 15.3. The van der Waals surface area contributed by atoms with Crippen molar-refractivity contribution in [2.24, 2.45) is 5.92 Å². The molecule has 2 aromatic rings. The molecule has 0 saturated carbocycles. The van der Waals surface area contributed by atoms with E-state index in [4.69, 9.17) is 16.3 Å². The zero-order valence-electron chi connectivity index (χ0n) is 13.6. The highest BCUT2D eigenvalue weighted by Gasteiger charge is 2.40. The zero-order valence-corrected chi connectivity index (χ0v) is 14.4. The maximum absolute atomic E-state index is 11.2. The summed E-state index contributed by atoms with van der Waals surface area (Å²) in [6.07, 6.45) is 5.28. The number of benzene rings is 2. The Balaban J connectivity index is 1.84. The van der Waals surface area contributed by atoms with E-state index < -0.39 is 0 Å². The molecule has 0 fully saturated rings. The van der Waals surface area contributed by atoms with E-state index in [1.807, 2.05) is 12.1 Å². The minimum atomic E-state index is -0.387. The molecular formula is C19H17ClN2O3. The van der Waals surface area contributed by atoms with Crippen molar-refractivity contribution in [3.05, 3.63) is 74.8 Å². The first-order valence-electron chi connectivity index (χ1n) is 8.14. The third-order valence-corrected chi connectivity index (χ3v) is 5.45. The molecule has 0 aromatic heterocycles. The quantitative estimate of drug-likeness (QED) is 0.473. The van der Waals surface area contributed by atoms with E-state index in [1.165, 1.54) is 11.6 Å². The Kier molecular flexibility index (Phi) is 3.88. The van der Waals surface area contributed by atoms with E-state index in [1.54, 1.807) is 19.2 Å². The Bertz CT molecular complexity index is 881. The van der Waals surface area contributed by atoms with Gasteiger partial charge in [-0.05, 0) is 30.0 Å². The number of non-ortho nitro benzene ring substituents is 1. The average Bonchev–Trinajstić information content (AvgIpc) is 3.11. The average molecular weight is 357 g/mol. The summed E-state index contributed by atoms with van der Waals surface area (Å²) in [6, 6.07) is 10.5. The normalized spacial score (nSPS) is 23.5. The first-order chi connectivity index (χ1) is 12.1. The Hall–Kier alpha value is -2.53. The Morgan fingerprint density at radius 1 is 1.28 bits per heavy atom. The van der Waals surface area contributed by atoms with Gasteiger partial charge in [0.2, 0.25) is 0 Å². The van der Waals surface area contributed by atoms with Gasteiger partial charge in [0, 0.05) is 28.6 Å². The zero-order chi connectivity index (χ0) is 17.6. The number of anilines is 1. The predicted octanol–water partition coefficient (Wildman–Crippen LogP) is 5.08. The van der Waals surface area contributed by atoms with Crippen molar-refractivity contribution >= 4 is 23.0 Å². The van der Waals surface area contributed by atoms with Gasteiger partial charge in [0.25, 0.3) is 5.69 Å². The van der Waals surface area contributed by atoms with Crippen LogP contribution in [0.5, 0.6) is 5.75 Å². The van der Waals surface area contributed by atoms with E-state index in [-0.39, 0.29) is 28.5 Å². The van der Waals surface area contributed by atoms with E-state index in [2.05, 4.69) is 23.5 Å². The molecule has 2 aliphatic rings. The number of para-hydroxylation sites is 1. The largest absolute Gasteiger partial charge is 0.495 e. The lowest BCUT2D eigenvalue weighted by atomic mass is 9.77. The Morgan fingerprint density at radius 2 is 2.12 bits per heavy atom. The fourth-order valence-electron chi connectivity index (χ4n) is 3.95. The molecule has 4 rings (SSSR count). The molecule has 1 N–H and O–H groups in total. The molecule has 2 aromatic carbocycles. The van der Waals surface area contributed by atoms with E-state index in [0.717, 1.165) is 23.4 Å². The van der Waals surface area contributed by atoms with Crippen LogP contribution in [0.2, 0.25) is 5.02 Å². The molecule has 128 valence electrons. The molecule has 0 amide bonds. The number of allylic oxidation sites excluding steroid dienone is 2. The van der Waals surface area contributed by atoms with Gasteiger partial charge in [0.1, 0.15) is 5.75 Å². The monoisotopic (exact) mass is 356 g/mol. The molecule has 0 spiro atoms. The summed E-state index contributed by atoms with van der Waals surface area (Å²) in [6.45, 7) is 0. The summed E-state index contributed by atoms with van der Waals surface area (Å²) >= 11 is 6.41. The predicted molar refractivity (Wildman–Crippen MR) is 97.5 cm³/mol. The molecule has 6 heteroatoms. The van der Waals surface area contributed by atoms with Crippen molar-refractivity contribution < 1.29 is 9.66 Å². The van der Waals surface area contributed by atoms with E-state index in [9.17, 15) is 10.1 Å². The number of methoxy groups -OCH3 is 1. The highest BCUT2D eigenvalue weighted by molar-refractivity contribution is 6.31. The molecule has 0 bridgehead atoms. The number of halogens is 1. The lowest BCUT2D eigenvalue weighted by Crippen LogP contribution is -2.29. The number of hydrogen-bond donors (Lipinski definition) is 1. The molecule has 3 atom stereocenters. The number of hydrogen-bond acceptors (Lipinski definition) is 4. The topological polar surface area (TPSA) is 64.4 Å². The maximum atomic E-state index is 11.2. The summed E-state index contributed by atoms with van der Waals surface area (Å²) < 4.78 is 5.51. The van der Waals surface area contributed by atoms with Gasteiger partial charge in [-0.2, -0.15) is 0 Å². The molecular weight excluding hydrogens is 340 g/mol. The van der Waals surface area contributed by atoms with E-state index in [0.29, 0.717) is 5.02 Å². The smallest absolute Gasteiger partial charge is 0.269 e. The van der Waals surface area contributed by atoms with Crippen LogP contribution in [0.15, 0.2) is 48.6 Å². The highest BCUT2D eigenvalue weighted by Crippen LogP contribution is 2.53. The molecule has 25 heavy (non-hydrogen) atoms. The summed E-state index contributed by atoms with van der Waals surface area (Å²) in [5.41, 5.74) is 2.93. The van der Waals surface area contributed by atoms with Gasteiger partial charge in [-0.15, -0.1) is 0 Å². The number of nitro benzene ring substituents is 1.